The lowest BCUT2D eigenvalue weighted by Gasteiger charge is -2.43. The van der Waals surface area contributed by atoms with Crippen molar-refractivity contribution >= 4 is 24.6 Å². The van der Waals surface area contributed by atoms with Crippen molar-refractivity contribution in [3.8, 4) is 11.8 Å². The fraction of sp³-hybridized carbons (Fsp3) is 0.414. The molecule has 5 heteroatoms. The van der Waals surface area contributed by atoms with Gasteiger partial charge in [0.25, 0.3) is 8.32 Å². The van der Waals surface area contributed by atoms with Gasteiger partial charge in [0.15, 0.2) is 0 Å². The monoisotopic (exact) mass is 477 g/mol. The van der Waals surface area contributed by atoms with Crippen LogP contribution in [0.3, 0.4) is 0 Å². The van der Waals surface area contributed by atoms with Gasteiger partial charge in [-0.05, 0) is 28.8 Å². The van der Waals surface area contributed by atoms with E-state index in [1.807, 2.05) is 25.1 Å². The summed E-state index contributed by atoms with van der Waals surface area (Å²) in [6, 6.07) is 21.0. The first-order valence-electron chi connectivity index (χ1n) is 12.1. The molecular weight excluding hydrogens is 438 g/mol. The van der Waals surface area contributed by atoms with Gasteiger partial charge in [-0.3, -0.25) is 4.79 Å². The molecule has 0 heterocycles. The molecule has 34 heavy (non-hydrogen) atoms. The van der Waals surface area contributed by atoms with Crippen LogP contribution in [0.1, 0.15) is 53.4 Å². The quantitative estimate of drug-likeness (QED) is 0.221. The molecule has 0 spiro atoms. The Morgan fingerprint density at radius 1 is 1.03 bits per heavy atom. The van der Waals surface area contributed by atoms with Crippen LogP contribution in [0.5, 0.6) is 0 Å². The zero-order chi connectivity index (χ0) is 24.9. The Labute approximate surface area is 206 Å². The van der Waals surface area contributed by atoms with Gasteiger partial charge >= 0.3 is 0 Å². The van der Waals surface area contributed by atoms with E-state index >= 15 is 0 Å². The number of benzene rings is 2. The fourth-order valence-electron chi connectivity index (χ4n) is 4.11. The summed E-state index contributed by atoms with van der Waals surface area (Å²) < 4.78 is 6.90. The number of hydrogen-bond donors (Lipinski definition) is 2. The first kappa shape index (κ1) is 27.6. The van der Waals surface area contributed by atoms with Gasteiger partial charge in [0.05, 0.1) is 13.2 Å². The molecule has 1 amide bonds. The molecule has 2 rings (SSSR count). The van der Waals surface area contributed by atoms with Crippen molar-refractivity contribution in [2.75, 3.05) is 13.2 Å². The molecule has 0 saturated heterocycles. The lowest BCUT2D eigenvalue weighted by molar-refractivity contribution is -0.122. The number of aliphatic hydroxyl groups excluding tert-OH is 1. The molecule has 4 nitrogen and oxygen atoms in total. The number of allylic oxidation sites excluding steroid dienone is 1. The lowest BCUT2D eigenvalue weighted by atomic mass is 10.2. The summed E-state index contributed by atoms with van der Waals surface area (Å²) in [7, 11) is -2.60. The Morgan fingerprint density at radius 3 is 2.15 bits per heavy atom. The highest BCUT2D eigenvalue weighted by Gasteiger charge is 2.50. The van der Waals surface area contributed by atoms with Gasteiger partial charge in [-0.25, -0.2) is 0 Å². The van der Waals surface area contributed by atoms with E-state index in [2.05, 4.69) is 86.5 Å². The van der Waals surface area contributed by atoms with E-state index in [1.54, 1.807) is 6.08 Å². The number of unbranched alkanes of at least 4 members (excludes halogenated alkanes) is 1. The summed E-state index contributed by atoms with van der Waals surface area (Å²) in [5.74, 6) is 6.12. The molecule has 0 aliphatic rings. The topological polar surface area (TPSA) is 58.6 Å². The summed E-state index contributed by atoms with van der Waals surface area (Å²) in [6.45, 7) is 9.26. The smallest absolute Gasteiger partial charge is 0.261 e. The van der Waals surface area contributed by atoms with Crippen molar-refractivity contribution in [3.63, 3.8) is 0 Å². The van der Waals surface area contributed by atoms with Crippen molar-refractivity contribution < 1.29 is 14.3 Å². The Balaban J connectivity index is 2.02. The molecule has 0 bridgehead atoms. The second-order valence-electron chi connectivity index (χ2n) is 9.51. The van der Waals surface area contributed by atoms with Crippen molar-refractivity contribution in [3.05, 3.63) is 72.8 Å². The normalized spacial score (nSPS) is 12.7. The van der Waals surface area contributed by atoms with Crippen molar-refractivity contribution in [1.82, 2.24) is 5.32 Å². The first-order chi connectivity index (χ1) is 16.3. The average Bonchev–Trinajstić information content (AvgIpc) is 2.81. The highest BCUT2D eigenvalue weighted by molar-refractivity contribution is 6.99. The van der Waals surface area contributed by atoms with Gasteiger partial charge in [0.2, 0.25) is 5.91 Å². The Hall–Kier alpha value is -2.65. The molecule has 0 saturated carbocycles. The third-order valence-electron chi connectivity index (χ3n) is 5.70. The molecule has 0 radical (unpaired) electrons. The van der Waals surface area contributed by atoms with Crippen LogP contribution in [0.15, 0.2) is 72.8 Å². The van der Waals surface area contributed by atoms with Crippen molar-refractivity contribution in [2.45, 2.75) is 64.5 Å². The summed E-state index contributed by atoms with van der Waals surface area (Å²) in [5.41, 5.74) is 0. The molecule has 0 unspecified atom stereocenters. The first-order valence-corrected chi connectivity index (χ1v) is 14.0. The molecule has 2 aromatic carbocycles. The SMILES string of the molecule is C[C@H](CO[Si](c1ccccc1)(c1ccccc1)C(C)(C)C)NC(=O)CCCC#CC/C=C\CO. The van der Waals surface area contributed by atoms with E-state index in [9.17, 15) is 4.79 Å². The number of amides is 1. The maximum absolute atomic E-state index is 12.4. The molecule has 2 N–H and O–H groups in total. The summed E-state index contributed by atoms with van der Waals surface area (Å²) in [4.78, 5) is 12.4. The van der Waals surface area contributed by atoms with Crippen LogP contribution in [0.25, 0.3) is 0 Å². The van der Waals surface area contributed by atoms with E-state index in [4.69, 9.17) is 9.53 Å². The maximum atomic E-state index is 12.4. The van der Waals surface area contributed by atoms with Gasteiger partial charge in [-0.15, -0.1) is 5.92 Å². The van der Waals surface area contributed by atoms with Gasteiger partial charge in [-0.2, -0.15) is 0 Å². The molecule has 0 aliphatic heterocycles. The Bertz CT molecular complexity index is 916. The highest BCUT2D eigenvalue weighted by Crippen LogP contribution is 2.36. The minimum Gasteiger partial charge on any atom is -0.405 e. The summed E-state index contributed by atoms with van der Waals surface area (Å²) in [5, 5.41) is 14.2. The maximum Gasteiger partial charge on any atom is 0.261 e. The number of nitrogens with one attached hydrogen (secondary N) is 1. The number of hydrogen-bond acceptors (Lipinski definition) is 3. The second-order valence-corrected chi connectivity index (χ2v) is 13.8. The van der Waals surface area contributed by atoms with Gasteiger partial charge in [-0.1, -0.05) is 99.5 Å². The molecular formula is C29H39NO3Si. The van der Waals surface area contributed by atoms with Crippen molar-refractivity contribution in [1.29, 1.82) is 0 Å². The minimum atomic E-state index is -2.60. The van der Waals surface area contributed by atoms with Gasteiger partial charge < -0.3 is 14.8 Å². The zero-order valence-corrected chi connectivity index (χ0v) is 22.0. The molecule has 182 valence electrons. The lowest BCUT2D eigenvalue weighted by Crippen LogP contribution is -2.67. The number of aliphatic hydroxyl groups is 1. The van der Waals surface area contributed by atoms with E-state index in [1.165, 1.54) is 10.4 Å². The van der Waals surface area contributed by atoms with Crippen molar-refractivity contribution in [2.24, 2.45) is 0 Å². The Kier molecular flexibility index (Phi) is 11.3. The van der Waals surface area contributed by atoms with E-state index in [0.29, 0.717) is 25.9 Å². The van der Waals surface area contributed by atoms with Crippen LogP contribution in [0, 0.1) is 11.8 Å². The van der Waals surface area contributed by atoms with Crippen LogP contribution < -0.4 is 15.7 Å². The third-order valence-corrected chi connectivity index (χ3v) is 10.7. The zero-order valence-electron chi connectivity index (χ0n) is 21.0. The van der Waals surface area contributed by atoms with E-state index in [-0.39, 0.29) is 23.6 Å². The van der Waals surface area contributed by atoms with Crippen LogP contribution >= 0.6 is 0 Å². The minimum absolute atomic E-state index is 0.0283. The molecule has 2 aromatic rings. The molecule has 0 aromatic heterocycles. The van der Waals surface area contributed by atoms with Crippen LogP contribution in [-0.2, 0) is 9.22 Å². The third kappa shape index (κ3) is 7.98. The molecule has 0 aliphatic carbocycles. The predicted molar refractivity (Wildman–Crippen MR) is 144 cm³/mol. The fourth-order valence-corrected chi connectivity index (χ4v) is 8.77. The number of carbonyl (C=O) groups is 1. The Morgan fingerprint density at radius 2 is 1.62 bits per heavy atom. The van der Waals surface area contributed by atoms with Crippen LogP contribution in [-0.4, -0.2) is 38.6 Å². The van der Waals surface area contributed by atoms with E-state index < -0.39 is 8.32 Å². The largest absolute Gasteiger partial charge is 0.405 e. The number of carbonyl (C=O) groups excluding carboxylic acids is 1. The average molecular weight is 478 g/mol. The summed E-state index contributed by atoms with van der Waals surface area (Å²) >= 11 is 0. The summed E-state index contributed by atoms with van der Waals surface area (Å²) in [6.07, 6.45) is 6.01. The second kappa shape index (κ2) is 13.9. The van der Waals surface area contributed by atoms with Gasteiger partial charge in [0.1, 0.15) is 0 Å². The van der Waals surface area contributed by atoms with Crippen LogP contribution in [0.4, 0.5) is 0 Å². The van der Waals surface area contributed by atoms with E-state index in [0.717, 1.165) is 6.42 Å². The predicted octanol–water partition coefficient (Wildman–Crippen LogP) is 4.18. The molecule has 0 fully saturated rings. The highest BCUT2D eigenvalue weighted by atomic mass is 28.4. The molecule has 1 atom stereocenters. The van der Waals surface area contributed by atoms with Gasteiger partial charge in [0, 0.05) is 25.3 Å². The van der Waals surface area contributed by atoms with Crippen LogP contribution in [0.2, 0.25) is 5.04 Å². The number of rotatable bonds is 11. The standard InChI is InChI=1S/C29H39NO3Si/c1-25(30-28(32)22-16-8-6-5-7-9-17-23-31)24-33-34(29(2,3)4,26-18-12-10-13-19-26)27-20-14-11-15-21-27/h9-15,17-21,25,31H,7-8,16,22-24H2,1-4H3,(H,30,32)/b17-9-/t25-/m1/s1.